The van der Waals surface area contributed by atoms with Crippen LogP contribution in [0.2, 0.25) is 0 Å². The molecule has 0 fully saturated rings. The fourth-order valence-electron chi connectivity index (χ4n) is 1.22. The van der Waals surface area contributed by atoms with E-state index < -0.39 is 0 Å². The van der Waals surface area contributed by atoms with E-state index in [0.29, 0.717) is 13.2 Å². The number of hydrogen-bond donors (Lipinski definition) is 1. The number of hydrogen-bond acceptors (Lipinski definition) is 3. The maximum Gasteiger partial charge on any atom is 0.146 e. The van der Waals surface area contributed by atoms with Crippen LogP contribution in [0.15, 0.2) is 12.7 Å². The number of methoxy groups -OCH3 is 1. The Morgan fingerprint density at radius 2 is 2.14 bits per heavy atom. The Kier molecular flexibility index (Phi) is 8.94. The largest absolute Gasteiger partial charge is 0.393 e. The van der Waals surface area contributed by atoms with Crippen molar-refractivity contribution in [3.8, 4) is 0 Å². The van der Waals surface area contributed by atoms with Crippen LogP contribution in [0.25, 0.3) is 0 Å². The van der Waals surface area contributed by atoms with Gasteiger partial charge in [0.2, 0.25) is 0 Å². The van der Waals surface area contributed by atoms with Gasteiger partial charge >= 0.3 is 0 Å². The van der Waals surface area contributed by atoms with Crippen LogP contribution >= 0.6 is 0 Å². The molecule has 0 bridgehead atoms. The average molecular weight is 202 g/mol. The lowest BCUT2D eigenvalue weighted by Crippen LogP contribution is -2.12. The SMILES string of the molecule is C=CC[C@H](O)CCC[C@H](C)OCOC. The molecule has 0 aliphatic rings. The van der Waals surface area contributed by atoms with Crippen molar-refractivity contribution >= 4 is 0 Å². The van der Waals surface area contributed by atoms with Crippen molar-refractivity contribution in [2.24, 2.45) is 0 Å². The zero-order valence-corrected chi connectivity index (χ0v) is 9.24. The van der Waals surface area contributed by atoms with Gasteiger partial charge in [0.1, 0.15) is 6.79 Å². The van der Waals surface area contributed by atoms with Gasteiger partial charge in [-0.15, -0.1) is 6.58 Å². The second-order valence-corrected chi connectivity index (χ2v) is 3.49. The van der Waals surface area contributed by atoms with Gasteiger partial charge in [-0.25, -0.2) is 0 Å². The molecular formula is C11H22O3. The van der Waals surface area contributed by atoms with Crippen molar-refractivity contribution in [2.75, 3.05) is 13.9 Å². The molecule has 0 saturated heterocycles. The van der Waals surface area contributed by atoms with Crippen LogP contribution in [-0.4, -0.2) is 31.2 Å². The fraction of sp³-hybridized carbons (Fsp3) is 0.818. The lowest BCUT2D eigenvalue weighted by molar-refractivity contribution is -0.0683. The molecule has 2 atom stereocenters. The summed E-state index contributed by atoms with van der Waals surface area (Å²) in [5.74, 6) is 0. The van der Waals surface area contributed by atoms with E-state index >= 15 is 0 Å². The molecule has 84 valence electrons. The quantitative estimate of drug-likeness (QED) is 0.459. The molecule has 0 aromatic heterocycles. The minimum Gasteiger partial charge on any atom is -0.393 e. The third-order valence-corrected chi connectivity index (χ3v) is 2.06. The highest BCUT2D eigenvalue weighted by Crippen LogP contribution is 2.08. The smallest absolute Gasteiger partial charge is 0.146 e. The second-order valence-electron chi connectivity index (χ2n) is 3.49. The lowest BCUT2D eigenvalue weighted by atomic mass is 10.1. The normalized spacial score (nSPS) is 15.1. The van der Waals surface area contributed by atoms with E-state index in [1.54, 1.807) is 13.2 Å². The maximum atomic E-state index is 9.40. The van der Waals surface area contributed by atoms with Crippen molar-refractivity contribution in [3.63, 3.8) is 0 Å². The molecule has 0 heterocycles. The second kappa shape index (κ2) is 9.19. The van der Waals surface area contributed by atoms with Crippen molar-refractivity contribution in [1.29, 1.82) is 0 Å². The van der Waals surface area contributed by atoms with Gasteiger partial charge in [0.25, 0.3) is 0 Å². The molecule has 3 heteroatoms. The Labute approximate surface area is 86.7 Å². The van der Waals surface area contributed by atoms with Crippen LogP contribution < -0.4 is 0 Å². The van der Waals surface area contributed by atoms with Crippen molar-refractivity contribution in [2.45, 2.75) is 44.8 Å². The zero-order valence-electron chi connectivity index (χ0n) is 9.24. The molecule has 0 saturated carbocycles. The standard InChI is InChI=1S/C11H22O3/c1-4-6-11(12)8-5-7-10(2)14-9-13-3/h4,10-12H,1,5-9H2,2-3H3/t10-,11-/m0/s1. The molecule has 0 aliphatic carbocycles. The van der Waals surface area contributed by atoms with E-state index in [9.17, 15) is 5.11 Å². The van der Waals surface area contributed by atoms with Crippen molar-refractivity contribution < 1.29 is 14.6 Å². The van der Waals surface area contributed by atoms with Gasteiger partial charge in [0.05, 0.1) is 12.2 Å². The molecule has 0 aromatic rings. The Hall–Kier alpha value is -0.380. The van der Waals surface area contributed by atoms with Gasteiger partial charge in [-0.05, 0) is 32.6 Å². The summed E-state index contributed by atoms with van der Waals surface area (Å²) in [6.45, 7) is 5.94. The molecule has 0 spiro atoms. The first-order chi connectivity index (χ1) is 6.70. The van der Waals surface area contributed by atoms with Crippen LogP contribution in [0.5, 0.6) is 0 Å². The molecule has 0 aromatic carbocycles. The van der Waals surface area contributed by atoms with E-state index in [1.807, 2.05) is 6.92 Å². The summed E-state index contributed by atoms with van der Waals surface area (Å²) in [6, 6.07) is 0. The summed E-state index contributed by atoms with van der Waals surface area (Å²) in [6.07, 6.45) is 5.11. The monoisotopic (exact) mass is 202 g/mol. The summed E-state index contributed by atoms with van der Waals surface area (Å²) in [7, 11) is 1.61. The minimum absolute atomic E-state index is 0.200. The van der Waals surface area contributed by atoms with E-state index in [1.165, 1.54) is 0 Å². The number of rotatable bonds is 9. The Balaban J connectivity index is 3.29. The Bertz CT molecular complexity index is 136. The molecule has 0 radical (unpaired) electrons. The summed E-state index contributed by atoms with van der Waals surface area (Å²) in [5, 5.41) is 9.40. The summed E-state index contributed by atoms with van der Waals surface area (Å²) in [5.41, 5.74) is 0. The van der Waals surface area contributed by atoms with Crippen LogP contribution in [0, 0.1) is 0 Å². The van der Waals surface area contributed by atoms with Gasteiger partial charge in [0, 0.05) is 7.11 Å². The van der Waals surface area contributed by atoms with Crippen LogP contribution in [0.1, 0.15) is 32.6 Å². The van der Waals surface area contributed by atoms with E-state index in [-0.39, 0.29) is 12.2 Å². The molecule has 14 heavy (non-hydrogen) atoms. The molecule has 0 unspecified atom stereocenters. The van der Waals surface area contributed by atoms with Crippen LogP contribution in [0.3, 0.4) is 0 Å². The van der Waals surface area contributed by atoms with Gasteiger partial charge < -0.3 is 14.6 Å². The molecule has 3 nitrogen and oxygen atoms in total. The fourth-order valence-corrected chi connectivity index (χ4v) is 1.22. The summed E-state index contributed by atoms with van der Waals surface area (Å²) >= 11 is 0. The van der Waals surface area contributed by atoms with Gasteiger partial charge in [-0.2, -0.15) is 0 Å². The Morgan fingerprint density at radius 3 is 2.71 bits per heavy atom. The zero-order chi connectivity index (χ0) is 10.8. The van der Waals surface area contributed by atoms with Gasteiger partial charge in [0.15, 0.2) is 0 Å². The van der Waals surface area contributed by atoms with Crippen LogP contribution in [0.4, 0.5) is 0 Å². The first-order valence-corrected chi connectivity index (χ1v) is 5.10. The number of aliphatic hydroxyl groups excluding tert-OH is 1. The highest BCUT2D eigenvalue weighted by atomic mass is 16.7. The van der Waals surface area contributed by atoms with Crippen molar-refractivity contribution in [1.82, 2.24) is 0 Å². The maximum absolute atomic E-state index is 9.40. The van der Waals surface area contributed by atoms with E-state index in [4.69, 9.17) is 9.47 Å². The van der Waals surface area contributed by atoms with E-state index in [0.717, 1.165) is 19.3 Å². The lowest BCUT2D eigenvalue weighted by Gasteiger charge is -2.13. The third-order valence-electron chi connectivity index (χ3n) is 2.06. The molecular weight excluding hydrogens is 180 g/mol. The Morgan fingerprint density at radius 1 is 1.43 bits per heavy atom. The molecule has 0 rings (SSSR count). The predicted octanol–water partition coefficient (Wildman–Crippen LogP) is 2.10. The predicted molar refractivity (Wildman–Crippen MR) is 57.1 cm³/mol. The van der Waals surface area contributed by atoms with Crippen LogP contribution in [-0.2, 0) is 9.47 Å². The number of aliphatic hydroxyl groups is 1. The highest BCUT2D eigenvalue weighted by molar-refractivity contribution is 4.72. The van der Waals surface area contributed by atoms with Gasteiger partial charge in [-0.3, -0.25) is 0 Å². The third kappa shape index (κ3) is 8.23. The molecule has 1 N–H and O–H groups in total. The van der Waals surface area contributed by atoms with Gasteiger partial charge in [-0.1, -0.05) is 6.08 Å². The topological polar surface area (TPSA) is 38.7 Å². The number of ether oxygens (including phenoxy) is 2. The first kappa shape index (κ1) is 13.6. The molecule has 0 aliphatic heterocycles. The summed E-state index contributed by atoms with van der Waals surface area (Å²) < 4.78 is 10.1. The van der Waals surface area contributed by atoms with E-state index in [2.05, 4.69) is 6.58 Å². The molecule has 0 amide bonds. The van der Waals surface area contributed by atoms with Crippen molar-refractivity contribution in [3.05, 3.63) is 12.7 Å². The highest BCUT2D eigenvalue weighted by Gasteiger charge is 2.05. The minimum atomic E-state index is -0.248. The summed E-state index contributed by atoms with van der Waals surface area (Å²) in [4.78, 5) is 0. The first-order valence-electron chi connectivity index (χ1n) is 5.10. The average Bonchev–Trinajstić information content (AvgIpc) is 2.15.